The zero-order valence-corrected chi connectivity index (χ0v) is 14.7. The average Bonchev–Trinajstić information content (AvgIpc) is 3.13. The van der Waals surface area contributed by atoms with E-state index in [1.54, 1.807) is 42.5 Å². The number of imide groups is 1. The van der Waals surface area contributed by atoms with Gasteiger partial charge in [0.1, 0.15) is 11.6 Å². The van der Waals surface area contributed by atoms with Crippen molar-refractivity contribution in [1.29, 1.82) is 0 Å². The lowest BCUT2D eigenvalue weighted by atomic mass is 9.94. The minimum absolute atomic E-state index is 0.135. The lowest BCUT2D eigenvalue weighted by Crippen LogP contribution is -2.33. The molecule has 2 aliphatic heterocycles. The molecule has 2 atom stereocenters. The minimum Gasteiger partial charge on any atom is -0.381 e. The first-order valence-electron chi connectivity index (χ1n) is 7.30. The number of benzene rings is 2. The van der Waals surface area contributed by atoms with E-state index in [1.807, 2.05) is 0 Å². The molecule has 2 aromatic carbocycles. The van der Waals surface area contributed by atoms with Crippen molar-refractivity contribution in [3.05, 3.63) is 63.1 Å². The number of rotatable bonds is 2. The molecule has 0 aliphatic carbocycles. The quantitative estimate of drug-likeness (QED) is 0.724. The Bertz CT molecular complexity index is 927. The number of carbonyl (C=O) groups is 2. The summed E-state index contributed by atoms with van der Waals surface area (Å²) in [7, 11) is 0. The van der Waals surface area contributed by atoms with Crippen molar-refractivity contribution in [2.24, 2.45) is 11.1 Å². The van der Waals surface area contributed by atoms with Gasteiger partial charge >= 0.3 is 0 Å². The molecule has 2 amide bonds. The van der Waals surface area contributed by atoms with E-state index in [9.17, 15) is 9.59 Å². The first kappa shape index (κ1) is 16.4. The monoisotopic (exact) mass is 394 g/mol. The van der Waals surface area contributed by atoms with Crippen LogP contribution in [0, 0.1) is 5.92 Å². The van der Waals surface area contributed by atoms with Crippen LogP contribution in [-0.4, -0.2) is 23.6 Å². The van der Waals surface area contributed by atoms with Gasteiger partial charge in [-0.3, -0.25) is 9.59 Å². The second-order valence-corrected chi connectivity index (χ2v) is 6.79. The van der Waals surface area contributed by atoms with E-state index in [2.05, 4.69) is 5.16 Å². The molecule has 0 radical (unpaired) electrons. The highest BCUT2D eigenvalue weighted by Crippen LogP contribution is 2.39. The molecule has 8 heteroatoms. The maximum Gasteiger partial charge on any atom is 0.279 e. The van der Waals surface area contributed by atoms with Crippen LogP contribution in [0.4, 0.5) is 5.69 Å². The van der Waals surface area contributed by atoms with Gasteiger partial charge in [0.25, 0.3) is 5.91 Å². The predicted molar refractivity (Wildman–Crippen MR) is 95.3 cm³/mol. The molecule has 25 heavy (non-hydrogen) atoms. The Morgan fingerprint density at radius 2 is 1.68 bits per heavy atom. The number of fused-ring (bicyclic) bond motifs is 1. The number of halogens is 3. The second-order valence-electron chi connectivity index (χ2n) is 5.57. The molecular weight excluding hydrogens is 387 g/mol. The summed E-state index contributed by atoms with van der Waals surface area (Å²) in [5.74, 6) is -1.80. The van der Waals surface area contributed by atoms with Gasteiger partial charge in [0, 0.05) is 10.6 Å². The van der Waals surface area contributed by atoms with E-state index >= 15 is 0 Å². The molecule has 4 rings (SSSR count). The van der Waals surface area contributed by atoms with Crippen LogP contribution >= 0.6 is 34.8 Å². The SMILES string of the molecule is O=C1[C@H]2C(c3ccc(Cl)cc3)=NO[C@H]2C(=O)N1c1cccc(Cl)c1Cl. The van der Waals surface area contributed by atoms with Gasteiger partial charge in [-0.1, -0.05) is 58.2 Å². The summed E-state index contributed by atoms with van der Waals surface area (Å²) in [6.45, 7) is 0. The molecule has 0 aromatic heterocycles. The van der Waals surface area contributed by atoms with E-state index in [0.717, 1.165) is 4.90 Å². The number of oxime groups is 1. The lowest BCUT2D eigenvalue weighted by molar-refractivity contribution is -0.126. The van der Waals surface area contributed by atoms with Crippen LogP contribution in [-0.2, 0) is 14.4 Å². The summed E-state index contributed by atoms with van der Waals surface area (Å²) in [6.07, 6.45) is -1.01. The Kier molecular flexibility index (Phi) is 3.95. The van der Waals surface area contributed by atoms with Crippen LogP contribution in [0.2, 0.25) is 15.1 Å². The predicted octanol–water partition coefficient (Wildman–Crippen LogP) is 3.94. The Labute approximate surface area is 157 Å². The third kappa shape index (κ3) is 2.51. The van der Waals surface area contributed by atoms with Crippen LogP contribution < -0.4 is 4.90 Å². The summed E-state index contributed by atoms with van der Waals surface area (Å²) in [5, 5.41) is 4.88. The molecule has 0 bridgehead atoms. The largest absolute Gasteiger partial charge is 0.381 e. The van der Waals surface area contributed by atoms with Gasteiger partial charge in [0.2, 0.25) is 12.0 Å². The van der Waals surface area contributed by atoms with Crippen LogP contribution in [0.3, 0.4) is 0 Å². The molecule has 2 aromatic rings. The van der Waals surface area contributed by atoms with Gasteiger partial charge in [-0.15, -0.1) is 0 Å². The number of hydrogen-bond acceptors (Lipinski definition) is 4. The van der Waals surface area contributed by atoms with E-state index < -0.39 is 23.8 Å². The van der Waals surface area contributed by atoms with Gasteiger partial charge in [-0.2, -0.15) is 0 Å². The molecule has 2 heterocycles. The Balaban J connectivity index is 1.73. The van der Waals surface area contributed by atoms with E-state index in [4.69, 9.17) is 39.6 Å². The summed E-state index contributed by atoms with van der Waals surface area (Å²) >= 11 is 18.1. The van der Waals surface area contributed by atoms with Crippen molar-refractivity contribution < 1.29 is 14.4 Å². The minimum atomic E-state index is -1.01. The smallest absolute Gasteiger partial charge is 0.279 e. The van der Waals surface area contributed by atoms with E-state index in [-0.39, 0.29) is 15.7 Å². The Morgan fingerprint density at radius 3 is 2.40 bits per heavy atom. The summed E-state index contributed by atoms with van der Waals surface area (Å²) < 4.78 is 0. The average molecular weight is 396 g/mol. The number of nitrogens with zero attached hydrogens (tertiary/aromatic N) is 2. The van der Waals surface area contributed by atoms with Gasteiger partial charge in [-0.05, 0) is 24.3 Å². The highest BCUT2D eigenvalue weighted by atomic mass is 35.5. The fourth-order valence-electron chi connectivity index (χ4n) is 2.94. The van der Waals surface area contributed by atoms with E-state index in [0.29, 0.717) is 16.3 Å². The highest BCUT2D eigenvalue weighted by molar-refractivity contribution is 6.45. The molecule has 1 saturated heterocycles. The third-order valence-corrected chi connectivity index (χ3v) is 5.19. The Hall–Kier alpha value is -2.08. The molecule has 0 spiro atoms. The van der Waals surface area contributed by atoms with Gasteiger partial charge in [0.15, 0.2) is 0 Å². The first-order chi connectivity index (χ1) is 12.0. The zero-order valence-electron chi connectivity index (χ0n) is 12.4. The lowest BCUT2D eigenvalue weighted by Gasteiger charge is -2.17. The molecular formula is C17H9Cl3N2O3. The van der Waals surface area contributed by atoms with Crippen molar-refractivity contribution in [1.82, 2.24) is 0 Å². The molecule has 0 unspecified atom stereocenters. The van der Waals surface area contributed by atoms with Gasteiger partial charge in [-0.25, -0.2) is 4.90 Å². The van der Waals surface area contributed by atoms with Crippen LogP contribution in [0.5, 0.6) is 0 Å². The molecule has 2 aliphatic rings. The topological polar surface area (TPSA) is 59.0 Å². The maximum atomic E-state index is 12.9. The van der Waals surface area contributed by atoms with Crippen LogP contribution in [0.1, 0.15) is 5.56 Å². The second kappa shape index (κ2) is 6.02. The number of hydrogen-bond donors (Lipinski definition) is 0. The van der Waals surface area contributed by atoms with Gasteiger partial charge < -0.3 is 4.84 Å². The normalized spacial score (nSPS) is 22.0. The van der Waals surface area contributed by atoms with Crippen molar-refractivity contribution in [2.45, 2.75) is 6.10 Å². The molecule has 0 N–H and O–H groups in total. The number of anilines is 1. The Morgan fingerprint density at radius 1 is 0.960 bits per heavy atom. The standard InChI is InChI=1S/C17H9Cl3N2O3/c18-9-6-4-8(5-7-9)14-12-15(25-21-14)17(24)22(16(12)23)11-3-1-2-10(19)13(11)20/h1-7,12,15H/t12-,15+/m0/s1. The fourth-order valence-corrected chi connectivity index (χ4v) is 3.45. The maximum absolute atomic E-state index is 12.9. The molecule has 5 nitrogen and oxygen atoms in total. The van der Waals surface area contributed by atoms with Crippen molar-refractivity contribution in [2.75, 3.05) is 4.90 Å². The summed E-state index contributed by atoms with van der Waals surface area (Å²) in [6, 6.07) is 11.6. The first-order valence-corrected chi connectivity index (χ1v) is 8.44. The van der Waals surface area contributed by atoms with E-state index in [1.165, 1.54) is 0 Å². The fraction of sp³-hybridized carbons (Fsp3) is 0.118. The number of amides is 2. The third-order valence-electron chi connectivity index (χ3n) is 4.12. The van der Waals surface area contributed by atoms with Crippen molar-refractivity contribution in [3.8, 4) is 0 Å². The molecule has 0 saturated carbocycles. The summed E-state index contributed by atoms with van der Waals surface area (Å²) in [4.78, 5) is 31.9. The molecule has 126 valence electrons. The zero-order chi connectivity index (χ0) is 17.7. The summed E-state index contributed by atoms with van der Waals surface area (Å²) in [5.41, 5.74) is 1.29. The van der Waals surface area contributed by atoms with Gasteiger partial charge in [0.05, 0.1) is 15.7 Å². The van der Waals surface area contributed by atoms with Crippen molar-refractivity contribution >= 4 is 58.0 Å². The molecule has 1 fully saturated rings. The number of carbonyl (C=O) groups excluding carboxylic acids is 2. The van der Waals surface area contributed by atoms with Crippen LogP contribution in [0.15, 0.2) is 47.6 Å². The highest BCUT2D eigenvalue weighted by Gasteiger charge is 2.56. The van der Waals surface area contributed by atoms with Crippen LogP contribution in [0.25, 0.3) is 0 Å². The van der Waals surface area contributed by atoms with Crippen molar-refractivity contribution in [3.63, 3.8) is 0 Å².